The van der Waals surface area contributed by atoms with Crippen molar-refractivity contribution in [2.45, 2.75) is 50.9 Å². The highest BCUT2D eigenvalue weighted by molar-refractivity contribution is 5.19. The Kier molecular flexibility index (Phi) is 7.31. The zero-order valence-corrected chi connectivity index (χ0v) is 12.5. The van der Waals surface area contributed by atoms with E-state index in [0.717, 1.165) is 37.9 Å². The highest BCUT2D eigenvalue weighted by Crippen LogP contribution is 2.15. The van der Waals surface area contributed by atoms with Gasteiger partial charge in [0.1, 0.15) is 0 Å². The van der Waals surface area contributed by atoms with Gasteiger partial charge in [-0.05, 0) is 31.2 Å². The molecule has 2 rings (SSSR count). The molecule has 21 heavy (non-hydrogen) atoms. The monoisotopic (exact) mass is 288 g/mol. The molecule has 1 N–H and O–H groups in total. The van der Waals surface area contributed by atoms with Gasteiger partial charge in [-0.2, -0.15) is 0 Å². The molecule has 1 aromatic carbocycles. The molecule has 1 aliphatic heterocycles. The van der Waals surface area contributed by atoms with Crippen molar-refractivity contribution >= 4 is 0 Å². The van der Waals surface area contributed by atoms with Gasteiger partial charge in [-0.15, -0.1) is 11.8 Å². The summed E-state index contributed by atoms with van der Waals surface area (Å²) in [5.74, 6) is 6.13. The van der Waals surface area contributed by atoms with Crippen LogP contribution in [0.3, 0.4) is 0 Å². The van der Waals surface area contributed by atoms with Gasteiger partial charge in [-0.3, -0.25) is 0 Å². The topological polar surface area (TPSA) is 38.7 Å². The molecule has 0 bridgehead atoms. The third-order valence-electron chi connectivity index (χ3n) is 3.49. The Morgan fingerprint density at radius 2 is 2.10 bits per heavy atom. The third-order valence-corrected chi connectivity index (χ3v) is 3.49. The van der Waals surface area contributed by atoms with Crippen LogP contribution in [0, 0.1) is 11.8 Å². The molecule has 1 saturated heterocycles. The van der Waals surface area contributed by atoms with Gasteiger partial charge in [-0.25, -0.2) is 0 Å². The van der Waals surface area contributed by atoms with E-state index in [-0.39, 0.29) is 6.29 Å². The van der Waals surface area contributed by atoms with Crippen molar-refractivity contribution in [2.24, 2.45) is 0 Å². The van der Waals surface area contributed by atoms with Gasteiger partial charge in [-0.1, -0.05) is 30.3 Å². The summed E-state index contributed by atoms with van der Waals surface area (Å²) in [5.41, 5.74) is 0.921. The van der Waals surface area contributed by atoms with Crippen LogP contribution < -0.4 is 0 Å². The summed E-state index contributed by atoms with van der Waals surface area (Å²) in [7, 11) is 0. The van der Waals surface area contributed by atoms with Crippen LogP contribution in [0.4, 0.5) is 0 Å². The number of benzene rings is 1. The maximum absolute atomic E-state index is 9.95. The Hall–Kier alpha value is -1.34. The molecular weight excluding hydrogens is 264 g/mol. The Morgan fingerprint density at radius 1 is 1.24 bits per heavy atom. The molecule has 1 heterocycles. The molecule has 3 nitrogen and oxygen atoms in total. The number of ether oxygens (including phenoxy) is 2. The van der Waals surface area contributed by atoms with E-state index in [4.69, 9.17) is 9.47 Å². The van der Waals surface area contributed by atoms with Crippen molar-refractivity contribution in [1.82, 2.24) is 0 Å². The molecule has 0 amide bonds. The van der Waals surface area contributed by atoms with E-state index in [2.05, 4.69) is 11.8 Å². The predicted octanol–water partition coefficient (Wildman–Crippen LogP) is 3.44. The SMILES string of the molecule is OC(CC#CCCCOC1CCCCO1)c1ccccc1. The van der Waals surface area contributed by atoms with Gasteiger partial charge in [0.25, 0.3) is 0 Å². The maximum Gasteiger partial charge on any atom is 0.157 e. The van der Waals surface area contributed by atoms with Crippen molar-refractivity contribution < 1.29 is 14.6 Å². The summed E-state index contributed by atoms with van der Waals surface area (Å²) in [6.07, 6.45) is 5.04. The van der Waals surface area contributed by atoms with Gasteiger partial charge >= 0.3 is 0 Å². The van der Waals surface area contributed by atoms with Crippen molar-refractivity contribution in [1.29, 1.82) is 0 Å². The number of rotatable bonds is 6. The van der Waals surface area contributed by atoms with Crippen LogP contribution in [-0.4, -0.2) is 24.6 Å². The summed E-state index contributed by atoms with van der Waals surface area (Å²) in [6, 6.07) is 9.64. The molecule has 0 radical (unpaired) electrons. The summed E-state index contributed by atoms with van der Waals surface area (Å²) in [4.78, 5) is 0. The van der Waals surface area contributed by atoms with Crippen molar-refractivity contribution in [2.75, 3.05) is 13.2 Å². The van der Waals surface area contributed by atoms with Crippen LogP contribution in [-0.2, 0) is 9.47 Å². The van der Waals surface area contributed by atoms with Gasteiger partial charge in [0.15, 0.2) is 6.29 Å². The molecular formula is C18H24O3. The Balaban J connectivity index is 1.54. The highest BCUT2D eigenvalue weighted by atomic mass is 16.7. The molecule has 0 aliphatic carbocycles. The van der Waals surface area contributed by atoms with E-state index in [9.17, 15) is 5.11 Å². The van der Waals surface area contributed by atoms with Crippen LogP contribution in [0.2, 0.25) is 0 Å². The van der Waals surface area contributed by atoms with Crippen molar-refractivity contribution in [3.8, 4) is 11.8 Å². The largest absolute Gasteiger partial charge is 0.387 e. The minimum atomic E-state index is -0.495. The Labute approximate surface area is 127 Å². The number of aliphatic hydroxyl groups excluding tert-OH is 1. The first-order valence-corrected chi connectivity index (χ1v) is 7.78. The number of unbranched alkanes of at least 4 members (excludes halogenated alkanes) is 1. The first-order valence-electron chi connectivity index (χ1n) is 7.78. The average molecular weight is 288 g/mol. The molecule has 114 valence electrons. The van der Waals surface area contributed by atoms with Crippen LogP contribution in [0.25, 0.3) is 0 Å². The molecule has 0 spiro atoms. The maximum atomic E-state index is 9.95. The second kappa shape index (κ2) is 9.57. The van der Waals surface area contributed by atoms with Crippen LogP contribution in [0.5, 0.6) is 0 Å². The van der Waals surface area contributed by atoms with Crippen LogP contribution in [0.1, 0.15) is 50.2 Å². The average Bonchev–Trinajstić information content (AvgIpc) is 2.55. The molecule has 1 aliphatic rings. The molecule has 1 fully saturated rings. The lowest BCUT2D eigenvalue weighted by atomic mass is 10.1. The van der Waals surface area contributed by atoms with Crippen molar-refractivity contribution in [3.63, 3.8) is 0 Å². The molecule has 2 atom stereocenters. The first-order chi connectivity index (χ1) is 10.4. The van der Waals surface area contributed by atoms with E-state index in [0.29, 0.717) is 13.0 Å². The van der Waals surface area contributed by atoms with Crippen molar-refractivity contribution in [3.05, 3.63) is 35.9 Å². The first kappa shape index (κ1) is 16.0. The second-order valence-electron chi connectivity index (χ2n) is 5.25. The third kappa shape index (κ3) is 6.31. The number of hydrogen-bond donors (Lipinski definition) is 1. The van der Waals surface area contributed by atoms with E-state index < -0.39 is 6.10 Å². The normalized spacial score (nSPS) is 19.6. The fraction of sp³-hybridized carbons (Fsp3) is 0.556. The molecule has 1 aromatic rings. The molecule has 0 saturated carbocycles. The van der Waals surface area contributed by atoms with E-state index in [1.165, 1.54) is 6.42 Å². The number of hydrogen-bond acceptors (Lipinski definition) is 3. The standard InChI is InChI=1S/C18H24O3/c19-17(16-10-4-3-5-11-16)12-6-1-2-8-14-20-18-13-7-9-15-21-18/h3-5,10-11,17-19H,2,7-9,12-15H2. The minimum Gasteiger partial charge on any atom is -0.387 e. The van der Waals surface area contributed by atoms with Gasteiger partial charge in [0, 0.05) is 19.4 Å². The summed E-state index contributed by atoms with van der Waals surface area (Å²) >= 11 is 0. The summed E-state index contributed by atoms with van der Waals surface area (Å²) in [5, 5.41) is 9.95. The quantitative estimate of drug-likeness (QED) is 0.644. The molecule has 3 heteroatoms. The summed E-state index contributed by atoms with van der Waals surface area (Å²) < 4.78 is 11.1. The zero-order valence-electron chi connectivity index (χ0n) is 12.5. The lowest BCUT2D eigenvalue weighted by Crippen LogP contribution is -2.22. The van der Waals surface area contributed by atoms with Crippen LogP contribution in [0.15, 0.2) is 30.3 Å². The second-order valence-corrected chi connectivity index (χ2v) is 5.25. The minimum absolute atomic E-state index is 0.00777. The highest BCUT2D eigenvalue weighted by Gasteiger charge is 2.13. The fourth-order valence-electron chi connectivity index (χ4n) is 2.27. The molecule has 0 aromatic heterocycles. The molecule has 2 unspecified atom stereocenters. The van der Waals surface area contributed by atoms with Gasteiger partial charge in [0.05, 0.1) is 12.7 Å². The lowest BCUT2D eigenvalue weighted by molar-refractivity contribution is -0.162. The van der Waals surface area contributed by atoms with E-state index in [1.54, 1.807) is 0 Å². The smallest absolute Gasteiger partial charge is 0.157 e. The fourth-order valence-corrected chi connectivity index (χ4v) is 2.27. The predicted molar refractivity (Wildman–Crippen MR) is 82.6 cm³/mol. The number of aliphatic hydroxyl groups is 1. The van der Waals surface area contributed by atoms with Gasteiger partial charge < -0.3 is 14.6 Å². The zero-order chi connectivity index (χ0) is 14.8. The van der Waals surface area contributed by atoms with E-state index in [1.807, 2.05) is 30.3 Å². The van der Waals surface area contributed by atoms with Crippen LogP contribution >= 0.6 is 0 Å². The summed E-state index contributed by atoms with van der Waals surface area (Å²) in [6.45, 7) is 1.52. The Morgan fingerprint density at radius 3 is 2.86 bits per heavy atom. The van der Waals surface area contributed by atoms with Gasteiger partial charge in [0.2, 0.25) is 0 Å². The lowest BCUT2D eigenvalue weighted by Gasteiger charge is -2.22. The Bertz CT molecular complexity index is 441. The van der Waals surface area contributed by atoms with E-state index >= 15 is 0 Å².